The quantitative estimate of drug-likeness (QED) is 0.312. The average molecular weight is 546 g/mol. The van der Waals surface area contributed by atoms with Gasteiger partial charge < -0.3 is 4.42 Å². The SMILES string of the molecule is CCc1ccc2nc(N(Cc3ccco3)C(=O)C3CCN(S(=O)(=O)c4cc(F)ccc4F)CC3)sc2c1. The number of amides is 1. The number of thiazole rings is 1. The van der Waals surface area contributed by atoms with E-state index in [2.05, 4.69) is 13.0 Å². The Hall–Kier alpha value is -3.15. The predicted octanol–water partition coefficient (Wildman–Crippen LogP) is 5.36. The summed E-state index contributed by atoms with van der Waals surface area (Å²) in [6.45, 7) is 2.30. The molecule has 11 heteroatoms. The molecule has 2 aromatic heterocycles. The van der Waals surface area contributed by atoms with E-state index in [9.17, 15) is 22.0 Å². The van der Waals surface area contributed by atoms with Crippen LogP contribution in [0.2, 0.25) is 0 Å². The standard InChI is InChI=1S/C26H25F2N3O4S2/c1-2-17-5-8-22-23(14-17)36-26(29-22)31(16-20-4-3-13-35-20)25(32)18-9-11-30(12-10-18)37(33,34)24-15-19(27)6-7-21(24)28/h3-8,13-15,18H,2,9-12,16H2,1H3. The Labute approximate surface area is 217 Å². The first kappa shape index (κ1) is 25.5. The number of benzene rings is 2. The third-order valence-electron chi connectivity index (χ3n) is 6.56. The van der Waals surface area contributed by atoms with Crippen molar-refractivity contribution in [1.29, 1.82) is 0 Å². The summed E-state index contributed by atoms with van der Waals surface area (Å²) in [6.07, 6.45) is 2.92. The highest BCUT2D eigenvalue weighted by molar-refractivity contribution is 7.89. The Morgan fingerprint density at radius 3 is 2.65 bits per heavy atom. The second kappa shape index (κ2) is 10.3. The fraction of sp³-hybridized carbons (Fsp3) is 0.308. The van der Waals surface area contributed by atoms with Crippen LogP contribution in [0.15, 0.2) is 64.1 Å². The fourth-order valence-electron chi connectivity index (χ4n) is 4.47. The molecule has 0 radical (unpaired) electrons. The summed E-state index contributed by atoms with van der Waals surface area (Å²) in [6, 6.07) is 11.9. The molecule has 1 aliphatic rings. The van der Waals surface area contributed by atoms with Crippen LogP contribution in [0.4, 0.5) is 13.9 Å². The number of furan rings is 1. The number of carbonyl (C=O) groups excluding carboxylic acids is 1. The van der Waals surface area contributed by atoms with Gasteiger partial charge >= 0.3 is 0 Å². The number of rotatable bonds is 7. The van der Waals surface area contributed by atoms with Gasteiger partial charge in [0.15, 0.2) is 5.13 Å². The van der Waals surface area contributed by atoms with Crippen molar-refractivity contribution < 1.29 is 26.4 Å². The molecular formula is C26H25F2N3O4S2. The number of halogens is 2. The van der Waals surface area contributed by atoms with Crippen LogP contribution in [0.25, 0.3) is 10.2 Å². The third kappa shape index (κ3) is 5.16. The van der Waals surface area contributed by atoms with E-state index in [4.69, 9.17) is 9.40 Å². The highest BCUT2D eigenvalue weighted by atomic mass is 32.2. The Kier molecular flexibility index (Phi) is 7.11. The van der Waals surface area contributed by atoms with E-state index < -0.39 is 32.5 Å². The van der Waals surface area contributed by atoms with Gasteiger partial charge in [-0.05, 0) is 67.3 Å². The third-order valence-corrected chi connectivity index (χ3v) is 9.51. The summed E-state index contributed by atoms with van der Waals surface area (Å²) in [7, 11) is -4.23. The summed E-state index contributed by atoms with van der Waals surface area (Å²) in [5, 5.41) is 0.543. The van der Waals surface area contributed by atoms with Gasteiger partial charge in [-0.1, -0.05) is 24.3 Å². The Balaban J connectivity index is 1.37. The molecular weight excluding hydrogens is 520 g/mol. The molecule has 37 heavy (non-hydrogen) atoms. The second-order valence-electron chi connectivity index (χ2n) is 8.91. The van der Waals surface area contributed by atoms with Crippen LogP contribution in [0.5, 0.6) is 0 Å². The van der Waals surface area contributed by atoms with Crippen molar-refractivity contribution in [3.05, 3.63) is 77.8 Å². The molecule has 4 aromatic rings. The van der Waals surface area contributed by atoms with E-state index in [1.54, 1.807) is 23.3 Å². The number of hydrogen-bond acceptors (Lipinski definition) is 6. The number of piperidine rings is 1. The van der Waals surface area contributed by atoms with Gasteiger partial charge in [0, 0.05) is 19.0 Å². The number of anilines is 1. The van der Waals surface area contributed by atoms with Crippen molar-refractivity contribution in [2.45, 2.75) is 37.6 Å². The highest BCUT2D eigenvalue weighted by Gasteiger charge is 2.36. The zero-order valence-electron chi connectivity index (χ0n) is 20.1. The lowest BCUT2D eigenvalue weighted by atomic mass is 9.96. The van der Waals surface area contributed by atoms with E-state index in [-0.39, 0.29) is 38.4 Å². The van der Waals surface area contributed by atoms with E-state index in [0.717, 1.165) is 33.1 Å². The van der Waals surface area contributed by atoms with Gasteiger partial charge in [0.2, 0.25) is 15.9 Å². The maximum atomic E-state index is 14.2. The van der Waals surface area contributed by atoms with Crippen LogP contribution >= 0.6 is 11.3 Å². The van der Waals surface area contributed by atoms with Crippen LogP contribution in [-0.2, 0) is 27.8 Å². The van der Waals surface area contributed by atoms with E-state index >= 15 is 0 Å². The number of aromatic nitrogens is 1. The summed E-state index contributed by atoms with van der Waals surface area (Å²) in [5.74, 6) is -1.88. The smallest absolute Gasteiger partial charge is 0.246 e. The van der Waals surface area contributed by atoms with Gasteiger partial charge in [-0.3, -0.25) is 9.69 Å². The molecule has 0 atom stereocenters. The van der Waals surface area contributed by atoms with Crippen molar-refractivity contribution in [1.82, 2.24) is 9.29 Å². The topological polar surface area (TPSA) is 83.7 Å². The van der Waals surface area contributed by atoms with Gasteiger partial charge in [-0.25, -0.2) is 22.2 Å². The van der Waals surface area contributed by atoms with Crippen LogP contribution in [0.1, 0.15) is 31.1 Å². The summed E-state index contributed by atoms with van der Waals surface area (Å²) in [4.78, 5) is 19.3. The van der Waals surface area contributed by atoms with Crippen molar-refractivity contribution >= 4 is 42.6 Å². The normalized spacial score (nSPS) is 15.3. The highest BCUT2D eigenvalue weighted by Crippen LogP contribution is 2.34. The summed E-state index contributed by atoms with van der Waals surface area (Å²) < 4.78 is 61.3. The lowest BCUT2D eigenvalue weighted by Gasteiger charge is -2.32. The molecule has 0 aliphatic carbocycles. The lowest BCUT2D eigenvalue weighted by molar-refractivity contribution is -0.123. The van der Waals surface area contributed by atoms with Gasteiger partial charge in [-0.15, -0.1) is 0 Å². The van der Waals surface area contributed by atoms with Gasteiger partial charge in [0.1, 0.15) is 22.3 Å². The minimum absolute atomic E-state index is 0.0169. The van der Waals surface area contributed by atoms with E-state index in [1.807, 2.05) is 12.1 Å². The molecule has 0 N–H and O–H groups in total. The number of nitrogens with zero attached hydrogens (tertiary/aromatic N) is 3. The Morgan fingerprint density at radius 2 is 1.95 bits per heavy atom. The molecule has 7 nitrogen and oxygen atoms in total. The van der Waals surface area contributed by atoms with E-state index in [1.165, 1.54) is 16.9 Å². The number of aryl methyl sites for hydroxylation is 1. The van der Waals surface area contributed by atoms with E-state index in [0.29, 0.717) is 17.0 Å². The lowest BCUT2D eigenvalue weighted by Crippen LogP contribution is -2.44. The molecule has 0 unspecified atom stereocenters. The Bertz CT molecular complexity index is 1530. The van der Waals surface area contributed by atoms with Crippen molar-refractivity contribution in [2.75, 3.05) is 18.0 Å². The molecule has 1 amide bonds. The van der Waals surface area contributed by atoms with Crippen LogP contribution in [-0.4, -0.2) is 36.7 Å². The van der Waals surface area contributed by atoms with Crippen molar-refractivity contribution in [3.63, 3.8) is 0 Å². The zero-order valence-corrected chi connectivity index (χ0v) is 21.7. The average Bonchev–Trinajstić information content (AvgIpc) is 3.57. The minimum atomic E-state index is -4.23. The molecule has 2 aromatic carbocycles. The molecule has 3 heterocycles. The van der Waals surface area contributed by atoms with Crippen LogP contribution < -0.4 is 4.90 Å². The first-order valence-corrected chi connectivity index (χ1v) is 14.2. The largest absolute Gasteiger partial charge is 0.467 e. The first-order chi connectivity index (χ1) is 17.8. The van der Waals surface area contributed by atoms with Crippen LogP contribution in [0.3, 0.4) is 0 Å². The minimum Gasteiger partial charge on any atom is -0.467 e. The zero-order chi connectivity index (χ0) is 26.2. The van der Waals surface area contributed by atoms with Crippen LogP contribution in [0, 0.1) is 17.6 Å². The molecule has 1 aliphatic heterocycles. The van der Waals surface area contributed by atoms with Gasteiger partial charge in [0.05, 0.1) is 23.0 Å². The summed E-state index contributed by atoms with van der Waals surface area (Å²) in [5.41, 5.74) is 1.97. The second-order valence-corrected chi connectivity index (χ2v) is 11.8. The molecule has 1 saturated heterocycles. The van der Waals surface area contributed by atoms with Gasteiger partial charge in [0.25, 0.3) is 0 Å². The maximum Gasteiger partial charge on any atom is 0.246 e. The molecule has 1 fully saturated rings. The first-order valence-electron chi connectivity index (χ1n) is 11.9. The molecule has 5 rings (SSSR count). The summed E-state index contributed by atoms with van der Waals surface area (Å²) >= 11 is 1.42. The number of fused-ring (bicyclic) bond motifs is 1. The number of hydrogen-bond donors (Lipinski definition) is 0. The molecule has 194 valence electrons. The molecule has 0 saturated carbocycles. The van der Waals surface area contributed by atoms with Gasteiger partial charge in [-0.2, -0.15) is 4.31 Å². The number of sulfonamides is 1. The maximum absolute atomic E-state index is 14.2. The number of carbonyl (C=O) groups is 1. The molecule has 0 spiro atoms. The fourth-order valence-corrected chi connectivity index (χ4v) is 7.05. The van der Waals surface area contributed by atoms with Crippen molar-refractivity contribution in [3.8, 4) is 0 Å². The Morgan fingerprint density at radius 1 is 1.16 bits per heavy atom. The predicted molar refractivity (Wildman–Crippen MR) is 137 cm³/mol. The monoisotopic (exact) mass is 545 g/mol. The molecule has 0 bridgehead atoms. The van der Waals surface area contributed by atoms with Crippen molar-refractivity contribution in [2.24, 2.45) is 5.92 Å².